The molecule has 0 saturated carbocycles. The highest BCUT2D eigenvalue weighted by Gasteiger charge is 2.04. The van der Waals surface area contributed by atoms with Gasteiger partial charge in [0.25, 0.3) is 5.56 Å². The van der Waals surface area contributed by atoms with Crippen LogP contribution < -0.4 is 5.56 Å². The maximum Gasteiger partial charge on any atom is 0.259 e. The van der Waals surface area contributed by atoms with Crippen LogP contribution in [-0.2, 0) is 0 Å². The number of hydrogen-bond acceptors (Lipinski definition) is 3. The van der Waals surface area contributed by atoms with E-state index in [1.807, 2.05) is 37.3 Å². The molecule has 0 atom stereocenters. The van der Waals surface area contributed by atoms with Gasteiger partial charge in [0.1, 0.15) is 11.6 Å². The number of aromatic amines is 1. The molecule has 0 unspecified atom stereocenters. The molecule has 1 heterocycles. The van der Waals surface area contributed by atoms with Crippen LogP contribution in [0, 0.1) is 6.92 Å². The van der Waals surface area contributed by atoms with Gasteiger partial charge in [-0.2, -0.15) is 0 Å². The van der Waals surface area contributed by atoms with E-state index < -0.39 is 0 Å². The molecule has 0 aliphatic heterocycles. The predicted molar refractivity (Wildman–Crippen MR) is 84.0 cm³/mol. The first-order valence-corrected chi connectivity index (χ1v) is 6.60. The van der Waals surface area contributed by atoms with Crippen LogP contribution in [-0.4, -0.2) is 15.1 Å². The fraction of sp³-hybridized carbons (Fsp3) is 0.0588. The molecule has 0 amide bonds. The molecule has 3 rings (SSSR count). The van der Waals surface area contributed by atoms with E-state index in [1.165, 1.54) is 6.08 Å². The molecule has 4 nitrogen and oxygen atoms in total. The standard InChI is InChI=1S/C17H14N2O2/c1-11-6-8-12(9-7-11)15(20)10-16-18-14-5-3-2-4-13(14)17(21)19-16/h2-10,20H,1H3,(H,18,19,21)/b15-10+. The summed E-state index contributed by atoms with van der Waals surface area (Å²) in [6.07, 6.45) is 1.46. The van der Waals surface area contributed by atoms with Gasteiger partial charge in [-0.3, -0.25) is 4.79 Å². The highest BCUT2D eigenvalue weighted by atomic mass is 16.3. The largest absolute Gasteiger partial charge is 0.507 e. The molecule has 1 aromatic heterocycles. The number of nitrogens with one attached hydrogen (secondary N) is 1. The molecule has 0 fully saturated rings. The maximum absolute atomic E-state index is 12.0. The fourth-order valence-electron chi connectivity index (χ4n) is 2.11. The lowest BCUT2D eigenvalue weighted by Crippen LogP contribution is -2.09. The second kappa shape index (κ2) is 5.25. The molecule has 0 bridgehead atoms. The molecule has 0 aliphatic rings. The topological polar surface area (TPSA) is 66.0 Å². The van der Waals surface area contributed by atoms with Crippen molar-refractivity contribution in [3.8, 4) is 0 Å². The van der Waals surface area contributed by atoms with Gasteiger partial charge in [0, 0.05) is 11.6 Å². The number of hydrogen-bond donors (Lipinski definition) is 2. The van der Waals surface area contributed by atoms with E-state index in [2.05, 4.69) is 9.97 Å². The van der Waals surface area contributed by atoms with Crippen LogP contribution in [0.25, 0.3) is 22.7 Å². The lowest BCUT2D eigenvalue weighted by Gasteiger charge is -2.02. The summed E-state index contributed by atoms with van der Waals surface area (Å²) in [5.74, 6) is 0.394. The molecular weight excluding hydrogens is 264 g/mol. The molecule has 0 radical (unpaired) electrons. The Morgan fingerprint density at radius 3 is 2.62 bits per heavy atom. The number of aromatic nitrogens is 2. The summed E-state index contributed by atoms with van der Waals surface area (Å²) in [4.78, 5) is 18.9. The molecular formula is C17H14N2O2. The van der Waals surface area contributed by atoms with Crippen molar-refractivity contribution in [1.82, 2.24) is 9.97 Å². The molecule has 21 heavy (non-hydrogen) atoms. The molecule has 2 N–H and O–H groups in total. The molecule has 0 saturated heterocycles. The van der Waals surface area contributed by atoms with Crippen LogP contribution in [0.4, 0.5) is 0 Å². The number of fused-ring (bicyclic) bond motifs is 1. The second-order valence-electron chi connectivity index (χ2n) is 4.86. The zero-order valence-electron chi connectivity index (χ0n) is 11.5. The van der Waals surface area contributed by atoms with Crippen LogP contribution in [0.5, 0.6) is 0 Å². The van der Waals surface area contributed by atoms with Gasteiger partial charge >= 0.3 is 0 Å². The fourth-order valence-corrected chi connectivity index (χ4v) is 2.11. The Morgan fingerprint density at radius 2 is 1.86 bits per heavy atom. The first-order valence-electron chi connectivity index (χ1n) is 6.60. The van der Waals surface area contributed by atoms with E-state index in [0.717, 1.165) is 5.56 Å². The van der Waals surface area contributed by atoms with Crippen molar-refractivity contribution in [1.29, 1.82) is 0 Å². The van der Waals surface area contributed by atoms with E-state index in [9.17, 15) is 9.90 Å². The predicted octanol–water partition coefficient (Wildman–Crippen LogP) is 3.29. The number of nitrogens with zero attached hydrogens (tertiary/aromatic N) is 1. The van der Waals surface area contributed by atoms with Gasteiger partial charge in [0.2, 0.25) is 0 Å². The van der Waals surface area contributed by atoms with Crippen LogP contribution in [0.1, 0.15) is 17.0 Å². The van der Waals surface area contributed by atoms with E-state index in [1.54, 1.807) is 18.2 Å². The average molecular weight is 278 g/mol. The molecule has 3 aromatic rings. The number of para-hydroxylation sites is 1. The third-order valence-corrected chi connectivity index (χ3v) is 3.25. The smallest absolute Gasteiger partial charge is 0.259 e. The highest BCUT2D eigenvalue weighted by Crippen LogP contribution is 2.15. The van der Waals surface area contributed by atoms with Gasteiger partial charge < -0.3 is 10.1 Å². The number of aryl methyl sites for hydroxylation is 1. The first kappa shape index (κ1) is 13.1. The molecule has 0 aliphatic carbocycles. The molecule has 104 valence electrons. The summed E-state index contributed by atoms with van der Waals surface area (Å²) in [5.41, 5.74) is 2.17. The Morgan fingerprint density at radius 1 is 1.14 bits per heavy atom. The Labute approximate surface area is 121 Å². The second-order valence-corrected chi connectivity index (χ2v) is 4.86. The van der Waals surface area contributed by atoms with Crippen LogP contribution in [0.2, 0.25) is 0 Å². The summed E-state index contributed by atoms with van der Waals surface area (Å²) in [6, 6.07) is 14.6. The third kappa shape index (κ3) is 2.69. The molecule has 4 heteroatoms. The van der Waals surface area contributed by atoms with E-state index in [-0.39, 0.29) is 11.3 Å². The number of rotatable bonds is 2. The van der Waals surface area contributed by atoms with Crippen LogP contribution in [0.3, 0.4) is 0 Å². The quantitative estimate of drug-likeness (QED) is 0.707. The van der Waals surface area contributed by atoms with Gasteiger partial charge in [0.05, 0.1) is 10.9 Å². The minimum absolute atomic E-state index is 0.0634. The van der Waals surface area contributed by atoms with Gasteiger partial charge in [-0.05, 0) is 19.1 Å². The van der Waals surface area contributed by atoms with E-state index >= 15 is 0 Å². The average Bonchev–Trinajstić information content (AvgIpc) is 2.48. The zero-order valence-corrected chi connectivity index (χ0v) is 11.5. The van der Waals surface area contributed by atoms with Crippen molar-refractivity contribution in [3.63, 3.8) is 0 Å². The van der Waals surface area contributed by atoms with Gasteiger partial charge in [0.15, 0.2) is 0 Å². The molecule has 0 spiro atoms. The minimum Gasteiger partial charge on any atom is -0.507 e. The number of aliphatic hydroxyl groups is 1. The van der Waals surface area contributed by atoms with Gasteiger partial charge in [-0.1, -0.05) is 42.0 Å². The van der Waals surface area contributed by atoms with Crippen molar-refractivity contribution in [2.75, 3.05) is 0 Å². The Kier molecular flexibility index (Phi) is 3.28. The lowest BCUT2D eigenvalue weighted by molar-refractivity contribution is 0.515. The SMILES string of the molecule is Cc1ccc(/C(O)=C\c2nc3ccccc3c(=O)[nH]2)cc1. The summed E-state index contributed by atoms with van der Waals surface area (Å²) >= 11 is 0. The van der Waals surface area contributed by atoms with Gasteiger partial charge in [-0.15, -0.1) is 0 Å². The van der Waals surface area contributed by atoms with Gasteiger partial charge in [-0.25, -0.2) is 4.98 Å². The van der Waals surface area contributed by atoms with E-state index in [0.29, 0.717) is 22.3 Å². The van der Waals surface area contributed by atoms with Crippen molar-refractivity contribution >= 4 is 22.7 Å². The third-order valence-electron chi connectivity index (χ3n) is 3.25. The maximum atomic E-state index is 12.0. The zero-order chi connectivity index (χ0) is 14.8. The van der Waals surface area contributed by atoms with Crippen LogP contribution >= 0.6 is 0 Å². The molecule has 2 aromatic carbocycles. The Bertz CT molecular complexity index is 877. The number of H-pyrrole nitrogens is 1. The number of aliphatic hydroxyl groups excluding tert-OH is 1. The summed E-state index contributed by atoms with van der Waals surface area (Å²) in [7, 11) is 0. The van der Waals surface area contributed by atoms with Crippen molar-refractivity contribution < 1.29 is 5.11 Å². The Balaban J connectivity index is 2.06. The van der Waals surface area contributed by atoms with Crippen LogP contribution in [0.15, 0.2) is 53.3 Å². The summed E-state index contributed by atoms with van der Waals surface area (Å²) < 4.78 is 0. The minimum atomic E-state index is -0.219. The van der Waals surface area contributed by atoms with Crippen molar-refractivity contribution in [3.05, 3.63) is 75.8 Å². The Hall–Kier alpha value is -2.88. The van der Waals surface area contributed by atoms with Crippen molar-refractivity contribution in [2.24, 2.45) is 0 Å². The van der Waals surface area contributed by atoms with E-state index in [4.69, 9.17) is 0 Å². The first-order chi connectivity index (χ1) is 10.1. The highest BCUT2D eigenvalue weighted by molar-refractivity contribution is 5.80. The summed E-state index contributed by atoms with van der Waals surface area (Å²) in [6.45, 7) is 1.98. The number of benzene rings is 2. The lowest BCUT2D eigenvalue weighted by atomic mass is 10.1. The monoisotopic (exact) mass is 278 g/mol. The normalized spacial score (nSPS) is 11.8. The summed E-state index contributed by atoms with van der Waals surface area (Å²) in [5, 5.41) is 10.7. The van der Waals surface area contributed by atoms with Crippen molar-refractivity contribution in [2.45, 2.75) is 6.92 Å².